The topological polar surface area (TPSA) is 48.3 Å². The number of aromatic nitrogens is 1. The molecule has 0 aliphatic heterocycles. The second-order valence-corrected chi connectivity index (χ2v) is 2.92. The Balaban J connectivity index is 3.00. The fourth-order valence-corrected chi connectivity index (χ4v) is 1.28. The molecule has 1 heterocycles. The SMILES string of the molecule is CCOC(=O)c1ccn(C(C)=O)c1C. The molecule has 1 aromatic rings. The van der Waals surface area contributed by atoms with Gasteiger partial charge >= 0.3 is 5.97 Å². The highest BCUT2D eigenvalue weighted by Crippen LogP contribution is 2.11. The van der Waals surface area contributed by atoms with Crippen LogP contribution in [0.15, 0.2) is 12.3 Å². The molecule has 0 aliphatic carbocycles. The first-order valence-electron chi connectivity index (χ1n) is 4.44. The molecule has 0 aliphatic rings. The molecule has 0 bridgehead atoms. The van der Waals surface area contributed by atoms with E-state index in [2.05, 4.69) is 0 Å². The largest absolute Gasteiger partial charge is 0.462 e. The van der Waals surface area contributed by atoms with Crippen molar-refractivity contribution in [1.82, 2.24) is 4.57 Å². The van der Waals surface area contributed by atoms with E-state index in [0.717, 1.165) is 0 Å². The molecule has 1 aromatic heterocycles. The summed E-state index contributed by atoms with van der Waals surface area (Å²) >= 11 is 0. The predicted octanol–water partition coefficient (Wildman–Crippen LogP) is 1.63. The van der Waals surface area contributed by atoms with Gasteiger partial charge in [0.1, 0.15) is 0 Å². The van der Waals surface area contributed by atoms with Crippen molar-refractivity contribution in [2.24, 2.45) is 0 Å². The smallest absolute Gasteiger partial charge is 0.339 e. The van der Waals surface area contributed by atoms with E-state index in [1.165, 1.54) is 11.5 Å². The van der Waals surface area contributed by atoms with E-state index >= 15 is 0 Å². The molecule has 0 saturated heterocycles. The quantitative estimate of drug-likeness (QED) is 0.674. The fraction of sp³-hybridized carbons (Fsp3) is 0.400. The van der Waals surface area contributed by atoms with Gasteiger partial charge in [-0.15, -0.1) is 0 Å². The molecule has 4 nitrogen and oxygen atoms in total. The third kappa shape index (κ3) is 1.84. The average molecular weight is 195 g/mol. The molecular formula is C10H13NO3. The molecule has 0 unspecified atom stereocenters. The van der Waals surface area contributed by atoms with Crippen LogP contribution < -0.4 is 0 Å². The molecule has 4 heteroatoms. The molecule has 14 heavy (non-hydrogen) atoms. The summed E-state index contributed by atoms with van der Waals surface area (Å²) < 4.78 is 6.26. The summed E-state index contributed by atoms with van der Waals surface area (Å²) in [5.41, 5.74) is 1.07. The van der Waals surface area contributed by atoms with Crippen molar-refractivity contribution in [3.05, 3.63) is 23.5 Å². The number of rotatable bonds is 2. The lowest BCUT2D eigenvalue weighted by molar-refractivity contribution is 0.0525. The van der Waals surface area contributed by atoms with Gasteiger partial charge in [-0.1, -0.05) is 0 Å². The highest BCUT2D eigenvalue weighted by molar-refractivity contribution is 5.92. The molecule has 0 atom stereocenters. The van der Waals surface area contributed by atoms with E-state index < -0.39 is 0 Å². The molecule has 0 amide bonds. The van der Waals surface area contributed by atoms with Crippen LogP contribution in [0, 0.1) is 6.92 Å². The molecule has 0 saturated carbocycles. The maximum atomic E-state index is 11.4. The average Bonchev–Trinajstić information content (AvgIpc) is 2.47. The van der Waals surface area contributed by atoms with Crippen LogP contribution in [0.25, 0.3) is 0 Å². The second kappa shape index (κ2) is 4.09. The Bertz CT molecular complexity index is 365. The van der Waals surface area contributed by atoms with Crippen LogP contribution in [0.3, 0.4) is 0 Å². The summed E-state index contributed by atoms with van der Waals surface area (Å²) in [6.45, 7) is 5.24. The van der Waals surface area contributed by atoms with Crippen LogP contribution in [0.2, 0.25) is 0 Å². The van der Waals surface area contributed by atoms with Crippen LogP contribution >= 0.6 is 0 Å². The van der Waals surface area contributed by atoms with Gasteiger partial charge in [0.25, 0.3) is 0 Å². The van der Waals surface area contributed by atoms with E-state index in [1.54, 1.807) is 26.1 Å². The first kappa shape index (κ1) is 10.5. The first-order chi connectivity index (χ1) is 6.57. The van der Waals surface area contributed by atoms with Gasteiger partial charge in [-0.2, -0.15) is 0 Å². The van der Waals surface area contributed by atoms with Crippen molar-refractivity contribution >= 4 is 11.9 Å². The Morgan fingerprint density at radius 2 is 2.14 bits per heavy atom. The van der Waals surface area contributed by atoms with Crippen molar-refractivity contribution in [3.63, 3.8) is 0 Å². The lowest BCUT2D eigenvalue weighted by Gasteiger charge is -2.02. The van der Waals surface area contributed by atoms with Crippen molar-refractivity contribution in [3.8, 4) is 0 Å². The molecule has 0 N–H and O–H groups in total. The minimum atomic E-state index is -0.384. The molecule has 76 valence electrons. The van der Waals surface area contributed by atoms with Gasteiger partial charge < -0.3 is 4.74 Å². The molecule has 0 spiro atoms. The van der Waals surface area contributed by atoms with Crippen molar-refractivity contribution in [2.75, 3.05) is 6.61 Å². The lowest BCUT2D eigenvalue weighted by Crippen LogP contribution is -2.10. The Morgan fingerprint density at radius 1 is 1.50 bits per heavy atom. The molecule has 0 radical (unpaired) electrons. The summed E-state index contributed by atoms with van der Waals surface area (Å²) in [7, 11) is 0. The lowest BCUT2D eigenvalue weighted by atomic mass is 10.2. The fourth-order valence-electron chi connectivity index (χ4n) is 1.28. The minimum absolute atomic E-state index is 0.113. The maximum absolute atomic E-state index is 11.4. The van der Waals surface area contributed by atoms with E-state index in [-0.39, 0.29) is 11.9 Å². The van der Waals surface area contributed by atoms with Crippen LogP contribution in [-0.2, 0) is 4.74 Å². The van der Waals surface area contributed by atoms with E-state index in [9.17, 15) is 9.59 Å². The van der Waals surface area contributed by atoms with E-state index in [0.29, 0.717) is 17.9 Å². The summed E-state index contributed by atoms with van der Waals surface area (Å²) in [4.78, 5) is 22.4. The first-order valence-corrected chi connectivity index (χ1v) is 4.44. The normalized spacial score (nSPS) is 9.93. The number of esters is 1. The molecule has 0 aromatic carbocycles. The Labute approximate surface area is 82.5 Å². The number of carbonyl (C=O) groups is 2. The molecule has 0 fully saturated rings. The number of carbonyl (C=O) groups excluding carboxylic acids is 2. The van der Waals surface area contributed by atoms with Gasteiger partial charge in [-0.05, 0) is 19.9 Å². The summed E-state index contributed by atoms with van der Waals surface area (Å²) in [6.07, 6.45) is 1.57. The maximum Gasteiger partial charge on any atom is 0.339 e. The van der Waals surface area contributed by atoms with Gasteiger partial charge in [0.05, 0.1) is 12.2 Å². The Morgan fingerprint density at radius 3 is 2.57 bits per heavy atom. The van der Waals surface area contributed by atoms with Gasteiger partial charge in [-0.3, -0.25) is 9.36 Å². The summed E-state index contributed by atoms with van der Waals surface area (Å²) in [5, 5.41) is 0. The van der Waals surface area contributed by atoms with Crippen molar-refractivity contribution < 1.29 is 14.3 Å². The second-order valence-electron chi connectivity index (χ2n) is 2.92. The zero-order valence-electron chi connectivity index (χ0n) is 8.53. The highest BCUT2D eigenvalue weighted by Gasteiger charge is 2.14. The van der Waals surface area contributed by atoms with Gasteiger partial charge in [-0.25, -0.2) is 4.79 Å². The monoisotopic (exact) mass is 195 g/mol. The van der Waals surface area contributed by atoms with Crippen molar-refractivity contribution in [1.29, 1.82) is 0 Å². The van der Waals surface area contributed by atoms with E-state index in [4.69, 9.17) is 4.74 Å². The Kier molecular flexibility index (Phi) is 3.06. The van der Waals surface area contributed by atoms with Gasteiger partial charge in [0.2, 0.25) is 5.91 Å². The van der Waals surface area contributed by atoms with Crippen LogP contribution in [0.1, 0.15) is 34.7 Å². The zero-order valence-corrected chi connectivity index (χ0v) is 8.53. The predicted molar refractivity (Wildman–Crippen MR) is 51.4 cm³/mol. The van der Waals surface area contributed by atoms with Gasteiger partial charge in [0.15, 0.2) is 0 Å². The van der Waals surface area contributed by atoms with Gasteiger partial charge in [0, 0.05) is 18.8 Å². The highest BCUT2D eigenvalue weighted by atomic mass is 16.5. The third-order valence-corrected chi connectivity index (χ3v) is 1.98. The Hall–Kier alpha value is -1.58. The van der Waals surface area contributed by atoms with Crippen molar-refractivity contribution in [2.45, 2.75) is 20.8 Å². The van der Waals surface area contributed by atoms with E-state index in [1.807, 2.05) is 0 Å². The summed E-state index contributed by atoms with van der Waals surface area (Å²) in [5.74, 6) is -0.497. The minimum Gasteiger partial charge on any atom is -0.462 e. The molecular weight excluding hydrogens is 182 g/mol. The van der Waals surface area contributed by atoms with Crippen LogP contribution in [0.4, 0.5) is 0 Å². The molecule has 1 rings (SSSR count). The number of hydrogen-bond acceptors (Lipinski definition) is 3. The summed E-state index contributed by atoms with van der Waals surface area (Å²) in [6, 6.07) is 1.59. The van der Waals surface area contributed by atoms with Crippen LogP contribution in [-0.4, -0.2) is 23.1 Å². The standard InChI is InChI=1S/C10H13NO3/c1-4-14-10(13)9-5-6-11(7(9)2)8(3)12/h5-6H,4H2,1-3H3. The van der Waals surface area contributed by atoms with Crippen LogP contribution in [0.5, 0.6) is 0 Å². The number of ether oxygens (including phenoxy) is 1. The number of nitrogens with zero attached hydrogens (tertiary/aromatic N) is 1. The third-order valence-electron chi connectivity index (χ3n) is 1.98. The zero-order chi connectivity index (χ0) is 10.7. The number of hydrogen-bond donors (Lipinski definition) is 0.